The first kappa shape index (κ1) is 20.9. The summed E-state index contributed by atoms with van der Waals surface area (Å²) in [6.45, 7) is 7.06. The minimum atomic E-state index is -4.12. The zero-order valence-corrected chi connectivity index (χ0v) is 17.8. The number of amides is 3. The van der Waals surface area contributed by atoms with Gasteiger partial charge in [0, 0.05) is 6.04 Å². The number of para-hydroxylation sites is 2. The summed E-state index contributed by atoms with van der Waals surface area (Å²) in [5, 5.41) is 2.83. The summed E-state index contributed by atoms with van der Waals surface area (Å²) in [5.41, 5.74) is 1.84. The van der Waals surface area contributed by atoms with Crippen LogP contribution in [0, 0.1) is 13.8 Å². The summed E-state index contributed by atoms with van der Waals surface area (Å²) in [6.07, 6.45) is 0.749. The number of fused-ring (bicyclic) bond motifs is 1. The van der Waals surface area contributed by atoms with Crippen molar-refractivity contribution in [1.29, 1.82) is 0 Å². The van der Waals surface area contributed by atoms with Gasteiger partial charge in [0.25, 0.3) is 10.0 Å². The van der Waals surface area contributed by atoms with Gasteiger partial charge in [-0.25, -0.2) is 13.2 Å². The Kier molecular flexibility index (Phi) is 5.66. The first-order valence-corrected chi connectivity index (χ1v) is 10.9. The summed E-state index contributed by atoms with van der Waals surface area (Å²) >= 11 is 0. The van der Waals surface area contributed by atoms with Gasteiger partial charge in [-0.2, -0.15) is 4.31 Å². The maximum Gasteiger partial charge on any atom is 0.343 e. The largest absolute Gasteiger partial charge is 0.352 e. The molecule has 2 aromatic carbocycles. The molecule has 0 aromatic heterocycles. The monoisotopic (exact) mass is 415 g/mol. The molecule has 7 nitrogen and oxygen atoms in total. The van der Waals surface area contributed by atoms with Gasteiger partial charge < -0.3 is 5.32 Å². The summed E-state index contributed by atoms with van der Waals surface area (Å²) in [6, 6.07) is 10.8. The molecule has 0 fully saturated rings. The molecule has 3 amide bonds. The van der Waals surface area contributed by atoms with E-state index in [2.05, 4.69) is 5.32 Å². The average Bonchev–Trinajstić information content (AvgIpc) is 2.67. The highest BCUT2D eigenvalue weighted by Gasteiger charge is 2.44. The third kappa shape index (κ3) is 3.72. The molecule has 1 N–H and O–H groups in total. The van der Waals surface area contributed by atoms with Crippen LogP contribution in [0.25, 0.3) is 0 Å². The normalized spacial score (nSPS) is 16.3. The maximum absolute atomic E-state index is 13.4. The van der Waals surface area contributed by atoms with Crippen LogP contribution in [0.5, 0.6) is 0 Å². The van der Waals surface area contributed by atoms with E-state index in [1.807, 2.05) is 13.8 Å². The number of hydrogen-bond donors (Lipinski definition) is 1. The van der Waals surface area contributed by atoms with Crippen LogP contribution in [0.3, 0.4) is 0 Å². The van der Waals surface area contributed by atoms with Crippen LogP contribution in [-0.2, 0) is 14.8 Å². The summed E-state index contributed by atoms with van der Waals surface area (Å²) in [7, 11) is -4.12. The third-order valence-corrected chi connectivity index (χ3v) is 6.76. The quantitative estimate of drug-likeness (QED) is 0.811. The van der Waals surface area contributed by atoms with Crippen molar-refractivity contribution in [3.05, 3.63) is 53.6 Å². The van der Waals surface area contributed by atoms with Crippen molar-refractivity contribution in [3.63, 3.8) is 0 Å². The number of nitrogens with zero attached hydrogens (tertiary/aromatic N) is 2. The lowest BCUT2D eigenvalue weighted by atomic mass is 10.1. The van der Waals surface area contributed by atoms with Crippen molar-refractivity contribution < 1.29 is 18.0 Å². The molecular weight excluding hydrogens is 390 g/mol. The molecule has 1 heterocycles. The lowest BCUT2D eigenvalue weighted by Crippen LogP contribution is -2.54. The summed E-state index contributed by atoms with van der Waals surface area (Å²) < 4.78 is 27.5. The third-order valence-electron chi connectivity index (χ3n) is 5.04. The minimum absolute atomic E-state index is 0.00130. The Labute approximate surface area is 171 Å². The second-order valence-electron chi connectivity index (χ2n) is 7.22. The van der Waals surface area contributed by atoms with E-state index in [-0.39, 0.29) is 29.1 Å². The van der Waals surface area contributed by atoms with Crippen LogP contribution < -0.4 is 14.5 Å². The predicted octanol–water partition coefficient (Wildman–Crippen LogP) is 3.35. The summed E-state index contributed by atoms with van der Waals surface area (Å²) in [4.78, 5) is 27.1. The molecule has 0 spiro atoms. The fourth-order valence-electron chi connectivity index (χ4n) is 3.37. The second-order valence-corrected chi connectivity index (χ2v) is 8.98. The smallest absolute Gasteiger partial charge is 0.343 e. The van der Waals surface area contributed by atoms with Crippen LogP contribution in [0.2, 0.25) is 0 Å². The number of aryl methyl sites for hydroxylation is 2. The van der Waals surface area contributed by atoms with Gasteiger partial charge in [-0.1, -0.05) is 37.3 Å². The molecule has 154 valence electrons. The van der Waals surface area contributed by atoms with Gasteiger partial charge in [-0.15, -0.1) is 0 Å². The van der Waals surface area contributed by atoms with E-state index in [1.165, 1.54) is 11.0 Å². The zero-order chi connectivity index (χ0) is 21.3. The van der Waals surface area contributed by atoms with Gasteiger partial charge in [0.2, 0.25) is 5.91 Å². The Morgan fingerprint density at radius 3 is 2.31 bits per heavy atom. The Morgan fingerprint density at radius 1 is 1.07 bits per heavy atom. The molecule has 1 aliphatic rings. The number of carbonyl (C=O) groups is 2. The Morgan fingerprint density at radius 2 is 1.69 bits per heavy atom. The van der Waals surface area contributed by atoms with Gasteiger partial charge in [-0.3, -0.25) is 9.69 Å². The van der Waals surface area contributed by atoms with E-state index in [1.54, 1.807) is 50.2 Å². The molecule has 3 rings (SSSR count). The van der Waals surface area contributed by atoms with Crippen molar-refractivity contribution in [3.8, 4) is 0 Å². The summed E-state index contributed by atoms with van der Waals surface area (Å²) in [5.74, 6) is -0.344. The highest BCUT2D eigenvalue weighted by atomic mass is 32.2. The molecule has 8 heteroatoms. The number of anilines is 2. The fraction of sp³-hybridized carbons (Fsp3) is 0.333. The van der Waals surface area contributed by atoms with Crippen LogP contribution in [-0.4, -0.2) is 32.9 Å². The number of sulfonamides is 1. The molecule has 0 aliphatic carbocycles. The van der Waals surface area contributed by atoms with E-state index in [0.717, 1.165) is 10.7 Å². The molecule has 0 radical (unpaired) electrons. The van der Waals surface area contributed by atoms with E-state index >= 15 is 0 Å². The molecule has 0 saturated heterocycles. The van der Waals surface area contributed by atoms with Gasteiger partial charge in [0.15, 0.2) is 0 Å². The average molecular weight is 416 g/mol. The number of rotatable bonds is 5. The fourth-order valence-corrected chi connectivity index (χ4v) is 5.10. The zero-order valence-electron chi connectivity index (χ0n) is 17.0. The number of urea groups is 1. The lowest BCUT2D eigenvalue weighted by molar-refractivity contribution is -0.120. The molecule has 0 bridgehead atoms. The molecule has 0 saturated carbocycles. The first-order chi connectivity index (χ1) is 13.7. The highest BCUT2D eigenvalue weighted by molar-refractivity contribution is 7.94. The molecule has 1 aliphatic heterocycles. The predicted molar refractivity (Wildman–Crippen MR) is 113 cm³/mol. The number of carbonyl (C=O) groups excluding carboxylic acids is 2. The van der Waals surface area contributed by atoms with Crippen molar-refractivity contribution in [2.45, 2.75) is 45.1 Å². The van der Waals surface area contributed by atoms with Crippen molar-refractivity contribution in [2.75, 3.05) is 15.7 Å². The molecule has 29 heavy (non-hydrogen) atoms. The lowest BCUT2D eigenvalue weighted by Gasteiger charge is -2.37. The standard InChI is InChI=1S/C21H25N3O4S/c1-5-16(4)22-19(25)13-23-17-11-6-7-12-18(17)29(27,28)24(21(23)26)20-14(2)9-8-10-15(20)3/h6-12,16H,5,13H2,1-4H3,(H,22,25)/t16-/m0/s1. The van der Waals surface area contributed by atoms with E-state index in [0.29, 0.717) is 16.8 Å². The van der Waals surface area contributed by atoms with Crippen LogP contribution in [0.4, 0.5) is 16.2 Å². The Hall–Kier alpha value is -2.87. The number of hydrogen-bond acceptors (Lipinski definition) is 4. The number of nitrogens with one attached hydrogen (secondary N) is 1. The van der Waals surface area contributed by atoms with Crippen LogP contribution in [0.15, 0.2) is 47.4 Å². The van der Waals surface area contributed by atoms with Crippen molar-refractivity contribution in [1.82, 2.24) is 5.32 Å². The Balaban J connectivity index is 2.13. The van der Waals surface area contributed by atoms with Gasteiger partial charge in [0.1, 0.15) is 11.4 Å². The highest BCUT2D eigenvalue weighted by Crippen LogP contribution is 2.39. The minimum Gasteiger partial charge on any atom is -0.352 e. The Bertz CT molecular complexity index is 1050. The van der Waals surface area contributed by atoms with E-state index in [9.17, 15) is 18.0 Å². The molecule has 0 unspecified atom stereocenters. The number of benzene rings is 2. The van der Waals surface area contributed by atoms with Gasteiger partial charge >= 0.3 is 6.03 Å². The molecule has 2 aromatic rings. The molecular formula is C21H25N3O4S. The van der Waals surface area contributed by atoms with Crippen LogP contribution in [0.1, 0.15) is 31.4 Å². The van der Waals surface area contributed by atoms with E-state index in [4.69, 9.17) is 0 Å². The first-order valence-electron chi connectivity index (χ1n) is 9.50. The SMILES string of the molecule is CC[C@H](C)NC(=O)CN1C(=O)N(c2c(C)cccc2C)S(=O)(=O)c2ccccc21. The van der Waals surface area contributed by atoms with Crippen LogP contribution >= 0.6 is 0 Å². The van der Waals surface area contributed by atoms with Crippen molar-refractivity contribution >= 4 is 33.3 Å². The van der Waals surface area contributed by atoms with Gasteiger partial charge in [-0.05, 0) is 50.5 Å². The molecule has 1 atom stereocenters. The topological polar surface area (TPSA) is 86.8 Å². The van der Waals surface area contributed by atoms with Gasteiger partial charge in [0.05, 0.1) is 11.4 Å². The maximum atomic E-state index is 13.4. The van der Waals surface area contributed by atoms with E-state index < -0.39 is 16.1 Å². The van der Waals surface area contributed by atoms with Crippen molar-refractivity contribution in [2.24, 2.45) is 0 Å². The second kappa shape index (κ2) is 7.87.